The number of aromatic nitrogens is 2. The first-order valence-corrected chi connectivity index (χ1v) is 10.1. The van der Waals surface area contributed by atoms with Gasteiger partial charge in [-0.15, -0.1) is 11.3 Å². The van der Waals surface area contributed by atoms with Crippen LogP contribution in [0, 0.1) is 6.92 Å². The van der Waals surface area contributed by atoms with Gasteiger partial charge in [0, 0.05) is 24.9 Å². The maximum Gasteiger partial charge on any atom is 0.303 e. The van der Waals surface area contributed by atoms with Gasteiger partial charge in [0.2, 0.25) is 0 Å². The smallest absolute Gasteiger partial charge is 0.303 e. The lowest BCUT2D eigenvalue weighted by Crippen LogP contribution is -2.43. The third-order valence-electron chi connectivity index (χ3n) is 5.03. The molecule has 1 aliphatic rings. The van der Waals surface area contributed by atoms with Gasteiger partial charge in [0.05, 0.1) is 10.3 Å². The quantitative estimate of drug-likeness (QED) is 0.816. The topological polar surface area (TPSA) is 101 Å². The number of aliphatic carboxylic acids is 1. The number of nitrogens with zero attached hydrogens (tertiary/aromatic N) is 2. The molecule has 0 bridgehead atoms. The largest absolute Gasteiger partial charge is 0.481 e. The first-order chi connectivity index (χ1) is 12.7. The fourth-order valence-corrected chi connectivity index (χ4v) is 4.56. The van der Waals surface area contributed by atoms with Crippen molar-refractivity contribution in [1.82, 2.24) is 14.9 Å². The summed E-state index contributed by atoms with van der Waals surface area (Å²) in [6.07, 6.45) is 4.17. The molecule has 8 heteroatoms. The number of nitrogens with one attached hydrogen (secondary N) is 1. The number of carboxylic acids is 1. The predicted octanol–water partition coefficient (Wildman–Crippen LogP) is 2.87. The number of amides is 1. The first-order valence-electron chi connectivity index (χ1n) is 9.27. The summed E-state index contributed by atoms with van der Waals surface area (Å²) in [6.45, 7) is 6.05. The SMILES string of the molecule is Cc1c(C(=O)NC(C)(C)CCC(=O)O)sc2nc3n(c(=O)c12)CCCCC3. The Balaban J connectivity index is 1.95. The molecule has 0 atom stereocenters. The Bertz CT molecular complexity index is 958. The van der Waals surface area contributed by atoms with Crippen LogP contribution in [0.4, 0.5) is 0 Å². The Morgan fingerprint density at radius 2 is 2.04 bits per heavy atom. The molecule has 0 radical (unpaired) electrons. The van der Waals surface area contributed by atoms with Crippen molar-refractivity contribution >= 4 is 33.4 Å². The standard InChI is InChI=1S/C19H25N3O4S/c1-11-14-17(20-12-7-5-4-6-10-22(12)18(14)26)27-15(11)16(25)21-19(2,3)9-8-13(23)24/h4-10H2,1-3H3,(H,21,25)(H,23,24). The van der Waals surface area contributed by atoms with Crippen molar-refractivity contribution < 1.29 is 14.7 Å². The number of rotatable bonds is 5. The van der Waals surface area contributed by atoms with Crippen molar-refractivity contribution in [2.45, 2.75) is 71.4 Å². The third kappa shape index (κ3) is 4.05. The van der Waals surface area contributed by atoms with E-state index in [1.54, 1.807) is 25.3 Å². The Kier molecular flexibility index (Phi) is 5.37. The van der Waals surface area contributed by atoms with Crippen molar-refractivity contribution in [2.24, 2.45) is 0 Å². The van der Waals surface area contributed by atoms with E-state index in [0.29, 0.717) is 33.6 Å². The number of thiophene rings is 1. The number of carbonyl (C=O) groups excluding carboxylic acids is 1. The summed E-state index contributed by atoms with van der Waals surface area (Å²) in [5.74, 6) is -0.375. The van der Waals surface area contributed by atoms with Crippen molar-refractivity contribution in [3.8, 4) is 0 Å². The summed E-state index contributed by atoms with van der Waals surface area (Å²) >= 11 is 1.24. The molecule has 3 heterocycles. The molecule has 27 heavy (non-hydrogen) atoms. The Morgan fingerprint density at radius 3 is 2.74 bits per heavy atom. The van der Waals surface area contributed by atoms with E-state index in [1.807, 2.05) is 0 Å². The van der Waals surface area contributed by atoms with Gasteiger partial charge in [-0.05, 0) is 45.6 Å². The highest BCUT2D eigenvalue weighted by Crippen LogP contribution is 2.29. The summed E-state index contributed by atoms with van der Waals surface area (Å²) < 4.78 is 1.76. The number of fused-ring (bicyclic) bond motifs is 2. The van der Waals surface area contributed by atoms with E-state index in [4.69, 9.17) is 5.11 Å². The minimum atomic E-state index is -0.894. The van der Waals surface area contributed by atoms with E-state index < -0.39 is 11.5 Å². The van der Waals surface area contributed by atoms with Crippen LogP contribution in [0.5, 0.6) is 0 Å². The van der Waals surface area contributed by atoms with Crippen LogP contribution in [0.1, 0.15) is 67.0 Å². The lowest BCUT2D eigenvalue weighted by Gasteiger charge is -2.25. The second kappa shape index (κ2) is 7.42. The molecule has 0 spiro atoms. The molecule has 0 aromatic carbocycles. The zero-order valence-electron chi connectivity index (χ0n) is 15.9. The number of hydrogen-bond donors (Lipinski definition) is 2. The van der Waals surface area contributed by atoms with Gasteiger partial charge in [-0.1, -0.05) is 6.42 Å². The van der Waals surface area contributed by atoms with Gasteiger partial charge in [-0.3, -0.25) is 19.0 Å². The minimum absolute atomic E-state index is 0.0195. The Labute approximate surface area is 161 Å². The normalized spacial score (nSPS) is 14.6. The van der Waals surface area contributed by atoms with Gasteiger partial charge < -0.3 is 10.4 Å². The summed E-state index contributed by atoms with van der Waals surface area (Å²) in [5, 5.41) is 12.3. The Morgan fingerprint density at radius 1 is 1.30 bits per heavy atom. The highest BCUT2D eigenvalue weighted by Gasteiger charge is 2.26. The molecule has 1 aliphatic heterocycles. The third-order valence-corrected chi connectivity index (χ3v) is 6.22. The van der Waals surface area contributed by atoms with Crippen LogP contribution in [0.3, 0.4) is 0 Å². The molecule has 0 aliphatic carbocycles. The van der Waals surface area contributed by atoms with Gasteiger partial charge in [0.25, 0.3) is 11.5 Å². The number of aryl methyl sites for hydroxylation is 2. The molecule has 7 nitrogen and oxygen atoms in total. The summed E-state index contributed by atoms with van der Waals surface area (Å²) in [4.78, 5) is 42.3. The van der Waals surface area contributed by atoms with E-state index in [1.165, 1.54) is 11.3 Å². The molecule has 0 unspecified atom stereocenters. The maximum atomic E-state index is 13.0. The second-order valence-electron chi connectivity index (χ2n) is 7.76. The highest BCUT2D eigenvalue weighted by atomic mass is 32.1. The average molecular weight is 391 g/mol. The molecule has 1 amide bonds. The highest BCUT2D eigenvalue weighted by molar-refractivity contribution is 7.20. The molecule has 0 saturated heterocycles. The molecule has 2 aromatic heterocycles. The van der Waals surface area contributed by atoms with E-state index >= 15 is 0 Å². The predicted molar refractivity (Wildman–Crippen MR) is 105 cm³/mol. The van der Waals surface area contributed by atoms with E-state index in [-0.39, 0.29) is 17.9 Å². The van der Waals surface area contributed by atoms with Gasteiger partial charge in [0.1, 0.15) is 10.7 Å². The Hall–Kier alpha value is -2.22. The molecule has 0 fully saturated rings. The fourth-order valence-electron chi connectivity index (χ4n) is 3.47. The number of carboxylic acid groups (broad SMARTS) is 1. The molecule has 2 aromatic rings. The summed E-state index contributed by atoms with van der Waals surface area (Å²) in [7, 11) is 0. The summed E-state index contributed by atoms with van der Waals surface area (Å²) in [6, 6.07) is 0. The van der Waals surface area contributed by atoms with Crippen LogP contribution in [0.25, 0.3) is 10.2 Å². The average Bonchev–Trinajstić information content (AvgIpc) is 2.76. The lowest BCUT2D eigenvalue weighted by atomic mass is 9.98. The summed E-state index contributed by atoms with van der Waals surface area (Å²) in [5.41, 5.74) is -0.0639. The van der Waals surface area contributed by atoms with Crippen molar-refractivity contribution in [3.05, 3.63) is 26.6 Å². The first kappa shape index (κ1) is 19.5. The van der Waals surface area contributed by atoms with Crippen LogP contribution in [0.15, 0.2) is 4.79 Å². The van der Waals surface area contributed by atoms with Gasteiger partial charge in [-0.2, -0.15) is 0 Å². The van der Waals surface area contributed by atoms with Crippen molar-refractivity contribution in [1.29, 1.82) is 0 Å². The zero-order chi connectivity index (χ0) is 19.8. The molecular formula is C19H25N3O4S. The van der Waals surface area contributed by atoms with Crippen LogP contribution < -0.4 is 10.9 Å². The fraction of sp³-hybridized carbons (Fsp3) is 0.579. The van der Waals surface area contributed by atoms with Crippen molar-refractivity contribution in [2.75, 3.05) is 0 Å². The lowest BCUT2D eigenvalue weighted by molar-refractivity contribution is -0.137. The molecule has 3 rings (SSSR count). The van der Waals surface area contributed by atoms with Crippen molar-refractivity contribution in [3.63, 3.8) is 0 Å². The monoisotopic (exact) mass is 391 g/mol. The van der Waals surface area contributed by atoms with Gasteiger partial charge in [0.15, 0.2) is 0 Å². The number of hydrogen-bond acceptors (Lipinski definition) is 5. The van der Waals surface area contributed by atoms with E-state index in [9.17, 15) is 14.4 Å². The van der Waals surface area contributed by atoms with Crippen LogP contribution >= 0.6 is 11.3 Å². The van der Waals surface area contributed by atoms with Gasteiger partial charge >= 0.3 is 5.97 Å². The van der Waals surface area contributed by atoms with Crippen LogP contribution in [-0.2, 0) is 17.8 Å². The molecule has 2 N–H and O–H groups in total. The van der Waals surface area contributed by atoms with E-state index in [0.717, 1.165) is 31.5 Å². The van der Waals surface area contributed by atoms with Crippen LogP contribution in [-0.4, -0.2) is 32.1 Å². The zero-order valence-corrected chi connectivity index (χ0v) is 16.7. The molecular weight excluding hydrogens is 366 g/mol. The van der Waals surface area contributed by atoms with E-state index in [2.05, 4.69) is 10.3 Å². The second-order valence-corrected chi connectivity index (χ2v) is 8.76. The maximum absolute atomic E-state index is 13.0. The minimum Gasteiger partial charge on any atom is -0.481 e. The molecule has 146 valence electrons. The molecule has 0 saturated carbocycles. The number of carbonyl (C=O) groups is 2. The van der Waals surface area contributed by atoms with Gasteiger partial charge in [-0.25, -0.2) is 4.98 Å². The van der Waals surface area contributed by atoms with Crippen LogP contribution in [0.2, 0.25) is 0 Å².